The van der Waals surface area contributed by atoms with Crippen LogP contribution in [0.25, 0.3) is 10.9 Å². The van der Waals surface area contributed by atoms with Crippen molar-refractivity contribution in [1.82, 2.24) is 9.55 Å². The van der Waals surface area contributed by atoms with Gasteiger partial charge in [-0.1, -0.05) is 35.9 Å². The van der Waals surface area contributed by atoms with E-state index in [1.807, 2.05) is 30.5 Å². The number of nitrogens with zero attached hydrogens (tertiary/aromatic N) is 2. The lowest BCUT2D eigenvalue weighted by molar-refractivity contribution is 0.805. The van der Waals surface area contributed by atoms with Gasteiger partial charge < -0.3 is 10.3 Å². The summed E-state index contributed by atoms with van der Waals surface area (Å²) in [6.07, 6.45) is 3.73. The number of nitrogens with two attached hydrogens (primary N) is 1. The zero-order chi connectivity index (χ0) is 13.2. The molecule has 3 nitrogen and oxygen atoms in total. The minimum atomic E-state index is 0.448. The van der Waals surface area contributed by atoms with Crippen LogP contribution in [0.1, 0.15) is 11.3 Å². The first-order valence-electron chi connectivity index (χ1n) is 6.16. The Morgan fingerprint density at radius 2 is 2.00 bits per heavy atom. The summed E-state index contributed by atoms with van der Waals surface area (Å²) in [7, 11) is 0. The normalized spacial score (nSPS) is 11.1. The monoisotopic (exact) mass is 271 g/mol. The lowest BCUT2D eigenvalue weighted by Gasteiger charge is -2.09. The van der Waals surface area contributed by atoms with E-state index in [0.29, 0.717) is 6.54 Å². The summed E-state index contributed by atoms with van der Waals surface area (Å²) in [4.78, 5) is 4.31. The molecular formula is C15H14ClN3. The number of halogens is 1. The van der Waals surface area contributed by atoms with E-state index in [4.69, 9.17) is 17.3 Å². The fraction of sp³-hybridized carbons (Fsp3) is 0.133. The Morgan fingerprint density at radius 3 is 2.84 bits per heavy atom. The zero-order valence-electron chi connectivity index (χ0n) is 10.4. The summed E-state index contributed by atoms with van der Waals surface area (Å²) >= 11 is 6.26. The summed E-state index contributed by atoms with van der Waals surface area (Å²) in [6, 6.07) is 12.1. The Kier molecular flexibility index (Phi) is 3.23. The van der Waals surface area contributed by atoms with E-state index in [9.17, 15) is 0 Å². The lowest BCUT2D eigenvalue weighted by Crippen LogP contribution is -2.07. The highest BCUT2D eigenvalue weighted by Crippen LogP contribution is 2.26. The molecule has 0 saturated heterocycles. The van der Waals surface area contributed by atoms with Gasteiger partial charge in [-0.15, -0.1) is 0 Å². The quantitative estimate of drug-likeness (QED) is 0.795. The average Bonchev–Trinajstić information content (AvgIpc) is 2.77. The molecule has 96 valence electrons. The van der Waals surface area contributed by atoms with Crippen molar-refractivity contribution < 1.29 is 0 Å². The Morgan fingerprint density at radius 1 is 1.16 bits per heavy atom. The van der Waals surface area contributed by atoms with Crippen molar-refractivity contribution in [1.29, 1.82) is 0 Å². The van der Waals surface area contributed by atoms with Gasteiger partial charge in [-0.25, -0.2) is 0 Å². The Hall–Kier alpha value is -1.84. The van der Waals surface area contributed by atoms with Crippen molar-refractivity contribution in [3.8, 4) is 0 Å². The van der Waals surface area contributed by atoms with E-state index >= 15 is 0 Å². The molecule has 19 heavy (non-hydrogen) atoms. The molecule has 0 spiro atoms. The van der Waals surface area contributed by atoms with E-state index in [1.54, 1.807) is 6.20 Å². The number of pyridine rings is 1. The van der Waals surface area contributed by atoms with Crippen LogP contribution in [0.3, 0.4) is 0 Å². The van der Waals surface area contributed by atoms with Crippen molar-refractivity contribution in [3.05, 3.63) is 65.1 Å². The van der Waals surface area contributed by atoms with E-state index in [0.717, 1.165) is 33.7 Å². The SMILES string of the molecule is NCc1ncccc1Cn1cc(Cl)c2ccccc21. The molecule has 0 bridgehead atoms. The molecule has 3 aromatic rings. The van der Waals surface area contributed by atoms with Crippen LogP contribution in [0.15, 0.2) is 48.8 Å². The number of para-hydroxylation sites is 1. The number of aromatic nitrogens is 2. The van der Waals surface area contributed by atoms with Gasteiger partial charge in [0.1, 0.15) is 0 Å². The molecule has 0 amide bonds. The van der Waals surface area contributed by atoms with Crippen LogP contribution in [0.4, 0.5) is 0 Å². The van der Waals surface area contributed by atoms with E-state index < -0.39 is 0 Å². The molecule has 0 radical (unpaired) electrons. The number of rotatable bonds is 3. The van der Waals surface area contributed by atoms with Gasteiger partial charge in [-0.2, -0.15) is 0 Å². The second-order valence-corrected chi connectivity index (χ2v) is 4.84. The minimum Gasteiger partial charge on any atom is -0.341 e. The van der Waals surface area contributed by atoms with Crippen LogP contribution in [0.2, 0.25) is 5.02 Å². The number of hydrogen-bond acceptors (Lipinski definition) is 2. The van der Waals surface area contributed by atoms with Crippen LogP contribution in [0.5, 0.6) is 0 Å². The van der Waals surface area contributed by atoms with Crippen molar-refractivity contribution in [2.45, 2.75) is 13.1 Å². The second-order valence-electron chi connectivity index (χ2n) is 4.44. The standard InChI is InChI=1S/C15H14ClN3/c16-13-10-19(15-6-2-1-5-12(13)15)9-11-4-3-7-18-14(11)8-17/h1-7,10H,8-9,17H2. The molecule has 0 unspecified atom stereocenters. The first-order valence-corrected chi connectivity index (χ1v) is 6.53. The third kappa shape index (κ3) is 2.23. The van der Waals surface area contributed by atoms with Crippen LogP contribution < -0.4 is 5.73 Å². The van der Waals surface area contributed by atoms with Crippen LogP contribution in [-0.2, 0) is 13.1 Å². The molecule has 0 atom stereocenters. The van der Waals surface area contributed by atoms with Gasteiger partial charge in [0.15, 0.2) is 0 Å². The molecule has 3 rings (SSSR count). The van der Waals surface area contributed by atoms with Gasteiger partial charge in [0, 0.05) is 36.4 Å². The van der Waals surface area contributed by atoms with Gasteiger partial charge >= 0.3 is 0 Å². The molecule has 1 aromatic carbocycles. The number of benzene rings is 1. The fourth-order valence-corrected chi connectivity index (χ4v) is 2.59. The predicted molar refractivity (Wildman–Crippen MR) is 78.2 cm³/mol. The largest absolute Gasteiger partial charge is 0.341 e. The molecule has 2 heterocycles. The maximum Gasteiger partial charge on any atom is 0.0661 e. The van der Waals surface area contributed by atoms with Gasteiger partial charge in [0.05, 0.1) is 10.7 Å². The molecule has 4 heteroatoms. The van der Waals surface area contributed by atoms with Crippen LogP contribution in [-0.4, -0.2) is 9.55 Å². The van der Waals surface area contributed by atoms with E-state index in [2.05, 4.69) is 21.7 Å². The average molecular weight is 272 g/mol. The summed E-state index contributed by atoms with van der Waals surface area (Å²) < 4.78 is 2.13. The minimum absolute atomic E-state index is 0.448. The smallest absolute Gasteiger partial charge is 0.0661 e. The maximum atomic E-state index is 6.26. The summed E-state index contributed by atoms with van der Waals surface area (Å²) in [5, 5.41) is 1.84. The molecule has 0 saturated carbocycles. The van der Waals surface area contributed by atoms with Gasteiger partial charge in [0.2, 0.25) is 0 Å². The van der Waals surface area contributed by atoms with Crippen molar-refractivity contribution in [3.63, 3.8) is 0 Å². The van der Waals surface area contributed by atoms with Gasteiger partial charge in [-0.05, 0) is 17.7 Å². The first kappa shape index (κ1) is 12.2. The first-order chi connectivity index (χ1) is 9.29. The molecule has 2 aromatic heterocycles. The van der Waals surface area contributed by atoms with Crippen molar-refractivity contribution in [2.75, 3.05) is 0 Å². The van der Waals surface area contributed by atoms with Gasteiger partial charge in [-0.3, -0.25) is 4.98 Å². The molecule has 2 N–H and O–H groups in total. The molecule has 0 aliphatic heterocycles. The van der Waals surface area contributed by atoms with E-state index in [1.165, 1.54) is 0 Å². The molecular weight excluding hydrogens is 258 g/mol. The van der Waals surface area contributed by atoms with Crippen molar-refractivity contribution in [2.24, 2.45) is 5.73 Å². The predicted octanol–water partition coefficient (Wildman–Crippen LogP) is 3.20. The second kappa shape index (κ2) is 5.03. The van der Waals surface area contributed by atoms with Crippen LogP contribution in [0, 0.1) is 0 Å². The third-order valence-electron chi connectivity index (χ3n) is 3.26. The Labute approximate surface area is 116 Å². The lowest BCUT2D eigenvalue weighted by atomic mass is 10.2. The fourth-order valence-electron chi connectivity index (χ4n) is 2.32. The highest BCUT2D eigenvalue weighted by atomic mass is 35.5. The van der Waals surface area contributed by atoms with Crippen LogP contribution >= 0.6 is 11.6 Å². The Bertz CT molecular complexity index is 718. The topological polar surface area (TPSA) is 43.8 Å². The highest BCUT2D eigenvalue weighted by molar-refractivity contribution is 6.35. The molecule has 0 aliphatic rings. The third-order valence-corrected chi connectivity index (χ3v) is 3.56. The number of fused-ring (bicyclic) bond motifs is 1. The highest BCUT2D eigenvalue weighted by Gasteiger charge is 2.08. The Balaban J connectivity index is 2.06. The summed E-state index contributed by atoms with van der Waals surface area (Å²) in [5.41, 5.74) is 8.90. The summed E-state index contributed by atoms with van der Waals surface area (Å²) in [5.74, 6) is 0. The molecule has 0 fully saturated rings. The van der Waals surface area contributed by atoms with Gasteiger partial charge in [0.25, 0.3) is 0 Å². The summed E-state index contributed by atoms with van der Waals surface area (Å²) in [6.45, 7) is 1.18. The molecule has 0 aliphatic carbocycles. The zero-order valence-corrected chi connectivity index (χ0v) is 11.1. The van der Waals surface area contributed by atoms with E-state index in [-0.39, 0.29) is 0 Å². The van der Waals surface area contributed by atoms with Crippen molar-refractivity contribution >= 4 is 22.5 Å². The maximum absolute atomic E-state index is 6.26. The number of hydrogen-bond donors (Lipinski definition) is 1.